The number of amides is 2. The maximum Gasteiger partial charge on any atom is 0.242 e. The Balaban J connectivity index is 1.54. The summed E-state index contributed by atoms with van der Waals surface area (Å²) in [6, 6.07) is 7.96. The topological polar surface area (TPSA) is 67.2 Å². The van der Waals surface area contributed by atoms with Crippen LogP contribution in [-0.2, 0) is 22.6 Å². The lowest BCUT2D eigenvalue weighted by molar-refractivity contribution is -0.136. The highest BCUT2D eigenvalue weighted by atomic mass is 16.2. The van der Waals surface area contributed by atoms with Gasteiger partial charge in [0, 0.05) is 32.0 Å². The van der Waals surface area contributed by atoms with Crippen molar-refractivity contribution < 1.29 is 9.59 Å². The molecule has 2 heterocycles. The Morgan fingerprint density at radius 2 is 1.89 bits per heavy atom. The number of carbonyl (C=O) groups is 2. The van der Waals surface area contributed by atoms with Crippen molar-refractivity contribution >= 4 is 22.8 Å². The highest BCUT2D eigenvalue weighted by molar-refractivity contribution is 5.82. The third-order valence-corrected chi connectivity index (χ3v) is 5.64. The van der Waals surface area contributed by atoms with E-state index in [1.54, 1.807) is 0 Å². The van der Waals surface area contributed by atoms with Crippen molar-refractivity contribution in [1.82, 2.24) is 19.8 Å². The van der Waals surface area contributed by atoms with Crippen LogP contribution in [0.15, 0.2) is 24.3 Å². The summed E-state index contributed by atoms with van der Waals surface area (Å²) in [6.45, 7) is 6.61. The summed E-state index contributed by atoms with van der Waals surface area (Å²) in [5, 5.41) is 3.05. The highest BCUT2D eigenvalue weighted by Crippen LogP contribution is 2.20. The molecule has 0 spiro atoms. The van der Waals surface area contributed by atoms with E-state index in [1.165, 1.54) is 0 Å². The van der Waals surface area contributed by atoms with E-state index in [9.17, 15) is 9.59 Å². The minimum absolute atomic E-state index is 0.0333. The average Bonchev–Trinajstić information content (AvgIpc) is 3.08. The number of unbranched alkanes of at least 4 members (excludes halogenated alkanes) is 2. The van der Waals surface area contributed by atoms with E-state index < -0.39 is 0 Å². The quantitative estimate of drug-likeness (QED) is 0.711. The number of aryl methyl sites for hydroxylation is 1. The van der Waals surface area contributed by atoms with E-state index in [2.05, 4.69) is 24.1 Å². The van der Waals surface area contributed by atoms with Crippen LogP contribution in [0.1, 0.15) is 51.8 Å². The van der Waals surface area contributed by atoms with Gasteiger partial charge in [-0.1, -0.05) is 38.8 Å². The minimum atomic E-state index is 0.0333. The molecule has 152 valence electrons. The van der Waals surface area contributed by atoms with Crippen LogP contribution in [0.5, 0.6) is 0 Å². The van der Waals surface area contributed by atoms with Crippen molar-refractivity contribution in [2.75, 3.05) is 19.6 Å². The summed E-state index contributed by atoms with van der Waals surface area (Å²) in [5.74, 6) is 1.23. The molecule has 0 bridgehead atoms. The molecular formula is C22H32N4O2. The summed E-state index contributed by atoms with van der Waals surface area (Å²) in [5.41, 5.74) is 1.94. The smallest absolute Gasteiger partial charge is 0.242 e. The molecule has 1 aliphatic heterocycles. The molecule has 2 aromatic rings. The number of imidazole rings is 1. The summed E-state index contributed by atoms with van der Waals surface area (Å²) < 4.78 is 2.03. The number of aromatic nitrogens is 2. The van der Waals surface area contributed by atoms with E-state index in [4.69, 9.17) is 0 Å². The molecule has 0 radical (unpaired) electrons. The first-order valence-corrected chi connectivity index (χ1v) is 10.6. The van der Waals surface area contributed by atoms with Gasteiger partial charge in [-0.05, 0) is 31.4 Å². The lowest BCUT2D eigenvalue weighted by atomic mass is 9.96. The van der Waals surface area contributed by atoms with Crippen molar-refractivity contribution in [3.05, 3.63) is 30.1 Å². The van der Waals surface area contributed by atoms with E-state index in [0.29, 0.717) is 19.6 Å². The SMILES string of the molecule is CCCCCNC(=O)C1CCN(C(=O)Cn2c(CC)nc3ccccc32)CC1. The van der Waals surface area contributed by atoms with Crippen molar-refractivity contribution in [2.45, 2.75) is 58.9 Å². The fourth-order valence-corrected chi connectivity index (χ4v) is 3.93. The molecule has 1 saturated heterocycles. The number of para-hydroxylation sites is 2. The molecule has 1 aromatic heterocycles. The largest absolute Gasteiger partial charge is 0.356 e. The maximum atomic E-state index is 12.9. The first-order chi connectivity index (χ1) is 13.6. The second kappa shape index (κ2) is 9.71. The van der Waals surface area contributed by atoms with E-state index in [0.717, 1.165) is 61.9 Å². The molecule has 1 fully saturated rings. The number of piperidine rings is 1. The number of hydrogen-bond donors (Lipinski definition) is 1. The molecule has 2 amide bonds. The zero-order valence-corrected chi connectivity index (χ0v) is 17.1. The van der Waals surface area contributed by atoms with Gasteiger partial charge >= 0.3 is 0 Å². The predicted octanol–water partition coefficient (Wildman–Crippen LogP) is 3.14. The van der Waals surface area contributed by atoms with Gasteiger partial charge in [0.15, 0.2) is 0 Å². The number of hydrogen-bond acceptors (Lipinski definition) is 3. The molecule has 1 aliphatic rings. The van der Waals surface area contributed by atoms with Crippen LogP contribution in [-0.4, -0.2) is 45.9 Å². The minimum Gasteiger partial charge on any atom is -0.356 e. The number of nitrogens with one attached hydrogen (secondary N) is 1. The van der Waals surface area contributed by atoms with Crippen LogP contribution in [0.25, 0.3) is 11.0 Å². The lowest BCUT2D eigenvalue weighted by Gasteiger charge is -2.31. The van der Waals surface area contributed by atoms with Crippen LogP contribution >= 0.6 is 0 Å². The molecule has 1 N–H and O–H groups in total. The van der Waals surface area contributed by atoms with E-state index in [-0.39, 0.29) is 17.7 Å². The summed E-state index contributed by atoms with van der Waals surface area (Å²) in [7, 11) is 0. The Bertz CT molecular complexity index is 806. The van der Waals surface area contributed by atoms with Crippen molar-refractivity contribution in [2.24, 2.45) is 5.92 Å². The van der Waals surface area contributed by atoms with Gasteiger partial charge in [0.1, 0.15) is 12.4 Å². The van der Waals surface area contributed by atoms with Gasteiger partial charge in [0.25, 0.3) is 0 Å². The average molecular weight is 385 g/mol. The maximum absolute atomic E-state index is 12.9. The summed E-state index contributed by atoms with van der Waals surface area (Å²) in [4.78, 5) is 31.7. The molecule has 3 rings (SSSR count). The molecule has 0 atom stereocenters. The third kappa shape index (κ3) is 4.72. The Kier molecular flexibility index (Phi) is 7.06. The van der Waals surface area contributed by atoms with Crippen molar-refractivity contribution in [3.8, 4) is 0 Å². The molecule has 6 nitrogen and oxygen atoms in total. The summed E-state index contributed by atoms with van der Waals surface area (Å²) in [6.07, 6.45) is 5.63. The first-order valence-electron chi connectivity index (χ1n) is 10.6. The number of benzene rings is 1. The van der Waals surface area contributed by atoms with Gasteiger partial charge in [0.05, 0.1) is 11.0 Å². The summed E-state index contributed by atoms with van der Waals surface area (Å²) >= 11 is 0. The normalized spacial score (nSPS) is 15.1. The van der Waals surface area contributed by atoms with E-state index in [1.807, 2.05) is 33.7 Å². The van der Waals surface area contributed by atoms with Gasteiger partial charge in [-0.25, -0.2) is 4.98 Å². The zero-order chi connectivity index (χ0) is 19.9. The zero-order valence-electron chi connectivity index (χ0n) is 17.1. The Labute approximate surface area is 167 Å². The molecule has 0 saturated carbocycles. The van der Waals surface area contributed by atoms with Crippen molar-refractivity contribution in [3.63, 3.8) is 0 Å². The highest BCUT2D eigenvalue weighted by Gasteiger charge is 2.27. The number of fused-ring (bicyclic) bond motifs is 1. The van der Waals surface area contributed by atoms with Crippen molar-refractivity contribution in [1.29, 1.82) is 0 Å². The van der Waals surface area contributed by atoms with Gasteiger partial charge in [-0.15, -0.1) is 0 Å². The molecule has 0 unspecified atom stereocenters. The number of carbonyl (C=O) groups excluding carboxylic acids is 2. The Morgan fingerprint density at radius 1 is 1.14 bits per heavy atom. The predicted molar refractivity (Wildman–Crippen MR) is 111 cm³/mol. The molecule has 0 aliphatic carbocycles. The van der Waals surface area contributed by atoms with Gasteiger partial charge < -0.3 is 14.8 Å². The van der Waals surface area contributed by atoms with Gasteiger partial charge in [-0.2, -0.15) is 0 Å². The first kappa shape index (κ1) is 20.4. The van der Waals surface area contributed by atoms with Crippen LogP contribution in [0.3, 0.4) is 0 Å². The van der Waals surface area contributed by atoms with Gasteiger partial charge in [0.2, 0.25) is 11.8 Å². The molecule has 6 heteroatoms. The molecule has 28 heavy (non-hydrogen) atoms. The fourth-order valence-electron chi connectivity index (χ4n) is 3.93. The third-order valence-electron chi connectivity index (χ3n) is 5.64. The lowest BCUT2D eigenvalue weighted by Crippen LogP contribution is -2.44. The van der Waals surface area contributed by atoms with Crippen LogP contribution in [0.4, 0.5) is 0 Å². The Hall–Kier alpha value is -2.37. The number of nitrogens with zero attached hydrogens (tertiary/aromatic N) is 3. The second-order valence-corrected chi connectivity index (χ2v) is 7.61. The second-order valence-electron chi connectivity index (χ2n) is 7.61. The number of rotatable bonds is 8. The van der Waals surface area contributed by atoms with Crippen LogP contribution < -0.4 is 5.32 Å². The van der Waals surface area contributed by atoms with E-state index >= 15 is 0 Å². The Morgan fingerprint density at radius 3 is 2.61 bits per heavy atom. The number of likely N-dealkylation sites (tertiary alicyclic amines) is 1. The molecule has 1 aromatic carbocycles. The molecular weight excluding hydrogens is 352 g/mol. The van der Waals surface area contributed by atoms with Crippen LogP contribution in [0, 0.1) is 5.92 Å². The monoisotopic (exact) mass is 384 g/mol. The standard InChI is InChI=1S/C22H32N4O2/c1-3-5-8-13-23-22(28)17-11-14-25(15-12-17)21(27)16-26-19-10-7-6-9-18(19)24-20(26)4-2/h6-7,9-10,17H,3-5,8,11-16H2,1-2H3,(H,23,28). The fraction of sp³-hybridized carbons (Fsp3) is 0.591. The van der Waals surface area contributed by atoms with Crippen LogP contribution in [0.2, 0.25) is 0 Å². The van der Waals surface area contributed by atoms with Gasteiger partial charge in [-0.3, -0.25) is 9.59 Å².